The van der Waals surface area contributed by atoms with Gasteiger partial charge in [-0.3, -0.25) is 0 Å². The Labute approximate surface area is 139 Å². The molecular weight excluding hydrogens is 366 g/mol. The standard InChI is InChI=1S/C16H18BrNO3S/c1-18-16(10-19)13-4-2-3-12(9-13)11-22(20,21)15-7-5-14(17)6-8-15/h2-9,16,18-19H,10-11H2,1H3. The fourth-order valence-electron chi connectivity index (χ4n) is 2.21. The van der Waals surface area contributed by atoms with Gasteiger partial charge in [-0.25, -0.2) is 8.42 Å². The first kappa shape index (κ1) is 17.1. The lowest BCUT2D eigenvalue weighted by molar-refractivity contribution is 0.251. The molecule has 22 heavy (non-hydrogen) atoms. The maximum atomic E-state index is 12.5. The molecule has 2 rings (SSSR count). The van der Waals surface area contributed by atoms with Crippen molar-refractivity contribution in [2.24, 2.45) is 0 Å². The van der Waals surface area contributed by atoms with E-state index in [2.05, 4.69) is 21.2 Å². The van der Waals surface area contributed by atoms with Gasteiger partial charge in [0.25, 0.3) is 0 Å². The summed E-state index contributed by atoms with van der Waals surface area (Å²) >= 11 is 3.29. The molecule has 0 aliphatic carbocycles. The monoisotopic (exact) mass is 383 g/mol. The summed E-state index contributed by atoms with van der Waals surface area (Å²) in [4.78, 5) is 0.299. The zero-order valence-corrected chi connectivity index (χ0v) is 14.6. The van der Waals surface area contributed by atoms with Crippen molar-refractivity contribution in [2.45, 2.75) is 16.7 Å². The second-order valence-electron chi connectivity index (χ2n) is 4.98. The number of halogens is 1. The predicted octanol–water partition coefficient (Wildman–Crippen LogP) is 2.68. The molecule has 0 spiro atoms. The third-order valence-electron chi connectivity index (χ3n) is 3.41. The summed E-state index contributed by atoms with van der Waals surface area (Å²) in [5.74, 6) is -0.0651. The molecule has 118 valence electrons. The Morgan fingerprint density at radius 3 is 2.45 bits per heavy atom. The molecule has 0 aromatic heterocycles. The van der Waals surface area contributed by atoms with E-state index < -0.39 is 9.84 Å². The molecule has 0 bridgehead atoms. The highest BCUT2D eigenvalue weighted by molar-refractivity contribution is 9.10. The average molecular weight is 384 g/mol. The Kier molecular flexibility index (Phi) is 5.74. The summed E-state index contributed by atoms with van der Waals surface area (Å²) in [6.45, 7) is -0.0422. The zero-order valence-electron chi connectivity index (χ0n) is 12.2. The van der Waals surface area contributed by atoms with Crippen LogP contribution in [0.2, 0.25) is 0 Å². The fraction of sp³-hybridized carbons (Fsp3) is 0.250. The molecule has 0 amide bonds. The van der Waals surface area contributed by atoms with Gasteiger partial charge in [0.2, 0.25) is 0 Å². The molecule has 1 atom stereocenters. The highest BCUT2D eigenvalue weighted by Gasteiger charge is 2.16. The molecule has 0 aliphatic rings. The van der Waals surface area contributed by atoms with Crippen LogP contribution in [0.15, 0.2) is 57.9 Å². The van der Waals surface area contributed by atoms with E-state index in [1.807, 2.05) is 18.2 Å². The van der Waals surface area contributed by atoms with Gasteiger partial charge in [0.15, 0.2) is 9.84 Å². The first-order chi connectivity index (χ1) is 10.5. The topological polar surface area (TPSA) is 66.4 Å². The second-order valence-corrected chi connectivity index (χ2v) is 7.89. The molecule has 4 nitrogen and oxygen atoms in total. The van der Waals surface area contributed by atoms with Gasteiger partial charge in [-0.05, 0) is 42.4 Å². The van der Waals surface area contributed by atoms with Crippen molar-refractivity contribution < 1.29 is 13.5 Å². The van der Waals surface area contributed by atoms with Crippen LogP contribution in [0.4, 0.5) is 0 Å². The minimum absolute atomic E-state index is 0.0422. The summed E-state index contributed by atoms with van der Waals surface area (Å²) in [6, 6.07) is 13.7. The predicted molar refractivity (Wildman–Crippen MR) is 90.4 cm³/mol. The van der Waals surface area contributed by atoms with Crippen LogP contribution in [0.3, 0.4) is 0 Å². The number of benzene rings is 2. The number of hydrogen-bond donors (Lipinski definition) is 2. The maximum absolute atomic E-state index is 12.5. The van der Waals surface area contributed by atoms with Crippen LogP contribution in [-0.4, -0.2) is 27.2 Å². The first-order valence-electron chi connectivity index (χ1n) is 6.81. The average Bonchev–Trinajstić information content (AvgIpc) is 2.49. The Morgan fingerprint density at radius 2 is 1.86 bits per heavy atom. The lowest BCUT2D eigenvalue weighted by atomic mass is 10.1. The third-order valence-corrected chi connectivity index (χ3v) is 5.65. The Bertz CT molecular complexity index is 725. The number of aliphatic hydroxyl groups is 1. The van der Waals surface area contributed by atoms with Crippen molar-refractivity contribution in [2.75, 3.05) is 13.7 Å². The lowest BCUT2D eigenvalue weighted by Crippen LogP contribution is -2.20. The fourth-order valence-corrected chi connectivity index (χ4v) is 3.81. The number of likely N-dealkylation sites (N-methyl/N-ethyl adjacent to an activating group) is 1. The van der Waals surface area contributed by atoms with Crippen molar-refractivity contribution in [3.63, 3.8) is 0 Å². The van der Waals surface area contributed by atoms with Crippen LogP contribution in [0.1, 0.15) is 17.2 Å². The summed E-state index contributed by atoms with van der Waals surface area (Å²) in [6.07, 6.45) is 0. The molecule has 0 saturated heterocycles. The van der Waals surface area contributed by atoms with Gasteiger partial charge in [-0.2, -0.15) is 0 Å². The van der Waals surface area contributed by atoms with Crippen LogP contribution >= 0.6 is 15.9 Å². The third kappa shape index (κ3) is 4.16. The van der Waals surface area contributed by atoms with Gasteiger partial charge in [-0.1, -0.05) is 40.2 Å². The van der Waals surface area contributed by atoms with Crippen LogP contribution in [0.25, 0.3) is 0 Å². The second kappa shape index (κ2) is 7.37. The van der Waals surface area contributed by atoms with Gasteiger partial charge in [0.1, 0.15) is 0 Å². The number of sulfone groups is 1. The molecule has 1 unspecified atom stereocenters. The van der Waals surface area contributed by atoms with E-state index in [-0.39, 0.29) is 18.4 Å². The largest absolute Gasteiger partial charge is 0.394 e. The number of hydrogen-bond acceptors (Lipinski definition) is 4. The quantitative estimate of drug-likeness (QED) is 0.804. The normalized spacial score (nSPS) is 13.0. The lowest BCUT2D eigenvalue weighted by Gasteiger charge is -2.14. The molecule has 0 aliphatic heterocycles. The van der Waals surface area contributed by atoms with Crippen molar-refractivity contribution in [3.8, 4) is 0 Å². The number of aliphatic hydroxyl groups excluding tert-OH is 1. The molecule has 0 fully saturated rings. The SMILES string of the molecule is CNC(CO)c1cccc(CS(=O)(=O)c2ccc(Br)cc2)c1. The Morgan fingerprint density at radius 1 is 1.18 bits per heavy atom. The van der Waals surface area contributed by atoms with Crippen molar-refractivity contribution in [1.82, 2.24) is 5.32 Å². The molecule has 0 radical (unpaired) electrons. The zero-order chi connectivity index (χ0) is 16.2. The van der Waals surface area contributed by atoms with Gasteiger partial charge in [-0.15, -0.1) is 0 Å². The van der Waals surface area contributed by atoms with Crippen molar-refractivity contribution >= 4 is 25.8 Å². The van der Waals surface area contributed by atoms with Crippen molar-refractivity contribution in [3.05, 3.63) is 64.1 Å². The molecule has 2 N–H and O–H groups in total. The Balaban J connectivity index is 2.26. The van der Waals surface area contributed by atoms with E-state index in [9.17, 15) is 13.5 Å². The van der Waals surface area contributed by atoms with Gasteiger partial charge < -0.3 is 10.4 Å². The molecule has 0 heterocycles. The van der Waals surface area contributed by atoms with E-state index in [0.29, 0.717) is 10.5 Å². The minimum atomic E-state index is -3.39. The van der Waals surface area contributed by atoms with Crippen LogP contribution in [-0.2, 0) is 15.6 Å². The summed E-state index contributed by atoms with van der Waals surface area (Å²) < 4.78 is 25.7. The highest BCUT2D eigenvalue weighted by Crippen LogP contribution is 2.21. The molecule has 0 saturated carbocycles. The highest BCUT2D eigenvalue weighted by atomic mass is 79.9. The van der Waals surface area contributed by atoms with E-state index in [4.69, 9.17) is 0 Å². The maximum Gasteiger partial charge on any atom is 0.182 e. The summed E-state index contributed by atoms with van der Waals surface area (Å²) in [5.41, 5.74) is 1.57. The van der Waals surface area contributed by atoms with Gasteiger partial charge in [0.05, 0.1) is 23.3 Å². The van der Waals surface area contributed by atoms with E-state index in [1.54, 1.807) is 37.4 Å². The van der Waals surface area contributed by atoms with E-state index >= 15 is 0 Å². The van der Waals surface area contributed by atoms with Gasteiger partial charge >= 0.3 is 0 Å². The smallest absolute Gasteiger partial charge is 0.182 e. The first-order valence-corrected chi connectivity index (χ1v) is 9.26. The van der Waals surface area contributed by atoms with E-state index in [1.165, 1.54) is 0 Å². The van der Waals surface area contributed by atoms with Crippen LogP contribution < -0.4 is 5.32 Å². The number of rotatable bonds is 6. The van der Waals surface area contributed by atoms with Crippen LogP contribution in [0.5, 0.6) is 0 Å². The number of nitrogens with one attached hydrogen (secondary N) is 1. The molecule has 6 heteroatoms. The molecule has 2 aromatic carbocycles. The van der Waals surface area contributed by atoms with E-state index in [0.717, 1.165) is 10.0 Å². The molecule has 2 aromatic rings. The summed E-state index contributed by atoms with van der Waals surface area (Å²) in [7, 11) is -1.63. The summed E-state index contributed by atoms with van der Waals surface area (Å²) in [5, 5.41) is 12.3. The molecular formula is C16H18BrNO3S. The van der Waals surface area contributed by atoms with Crippen LogP contribution in [0, 0.1) is 0 Å². The van der Waals surface area contributed by atoms with Crippen molar-refractivity contribution in [1.29, 1.82) is 0 Å². The Hall–Kier alpha value is -1.21. The van der Waals surface area contributed by atoms with Gasteiger partial charge in [0, 0.05) is 4.47 Å². The minimum Gasteiger partial charge on any atom is -0.394 e.